The van der Waals surface area contributed by atoms with Gasteiger partial charge in [0.25, 0.3) is 11.6 Å². The van der Waals surface area contributed by atoms with Crippen molar-refractivity contribution in [2.24, 2.45) is 5.10 Å². The molecule has 0 unspecified atom stereocenters. The van der Waals surface area contributed by atoms with Gasteiger partial charge < -0.3 is 9.47 Å². The largest absolute Gasteiger partial charge is 0.493 e. The highest BCUT2D eigenvalue weighted by Crippen LogP contribution is 2.38. The molecule has 168 valence electrons. The summed E-state index contributed by atoms with van der Waals surface area (Å²) >= 11 is 3.39. The molecule has 0 saturated heterocycles. The fourth-order valence-electron chi connectivity index (χ4n) is 3.69. The molecular formula is C24H20BrN3O5. The number of rotatable bonds is 6. The number of nitro benzene ring substituents is 1. The van der Waals surface area contributed by atoms with Crippen LogP contribution in [0.1, 0.15) is 33.9 Å². The average molecular weight is 510 g/mol. The Morgan fingerprint density at radius 2 is 1.70 bits per heavy atom. The van der Waals surface area contributed by atoms with E-state index in [1.165, 1.54) is 17.1 Å². The molecule has 0 radical (unpaired) electrons. The van der Waals surface area contributed by atoms with E-state index < -0.39 is 4.92 Å². The van der Waals surface area contributed by atoms with E-state index in [2.05, 4.69) is 21.0 Å². The Kier molecular flexibility index (Phi) is 6.41. The fourth-order valence-corrected chi connectivity index (χ4v) is 3.96. The second-order valence-corrected chi connectivity index (χ2v) is 8.26. The predicted molar refractivity (Wildman–Crippen MR) is 127 cm³/mol. The molecule has 1 atom stereocenters. The summed E-state index contributed by atoms with van der Waals surface area (Å²) in [6.07, 6.45) is 0.440. The van der Waals surface area contributed by atoms with Gasteiger partial charge in [0.05, 0.1) is 30.9 Å². The predicted octanol–water partition coefficient (Wildman–Crippen LogP) is 5.37. The van der Waals surface area contributed by atoms with Crippen LogP contribution in [0.2, 0.25) is 0 Å². The number of hydrogen-bond donors (Lipinski definition) is 0. The Balaban J connectivity index is 1.73. The lowest BCUT2D eigenvalue weighted by molar-refractivity contribution is -0.384. The zero-order chi connectivity index (χ0) is 23.5. The topological polar surface area (TPSA) is 94.3 Å². The van der Waals surface area contributed by atoms with Crippen molar-refractivity contribution in [1.29, 1.82) is 0 Å². The first-order valence-electron chi connectivity index (χ1n) is 10.0. The van der Waals surface area contributed by atoms with Crippen molar-refractivity contribution < 1.29 is 19.2 Å². The number of carbonyl (C=O) groups excluding carboxylic acids is 1. The van der Waals surface area contributed by atoms with Gasteiger partial charge in [0.1, 0.15) is 0 Å². The molecule has 0 spiro atoms. The molecule has 0 bridgehead atoms. The van der Waals surface area contributed by atoms with E-state index in [4.69, 9.17) is 9.47 Å². The van der Waals surface area contributed by atoms with E-state index >= 15 is 0 Å². The van der Waals surface area contributed by atoms with E-state index in [1.807, 2.05) is 12.1 Å². The molecule has 0 aliphatic carbocycles. The number of benzene rings is 3. The number of halogens is 1. The third kappa shape index (κ3) is 4.58. The summed E-state index contributed by atoms with van der Waals surface area (Å²) < 4.78 is 11.6. The van der Waals surface area contributed by atoms with E-state index in [0.717, 1.165) is 15.6 Å². The van der Waals surface area contributed by atoms with Crippen LogP contribution >= 0.6 is 15.9 Å². The summed E-state index contributed by atoms with van der Waals surface area (Å²) in [5, 5.41) is 17.1. The second kappa shape index (κ2) is 9.41. The lowest BCUT2D eigenvalue weighted by Crippen LogP contribution is -2.27. The van der Waals surface area contributed by atoms with E-state index in [9.17, 15) is 14.9 Å². The van der Waals surface area contributed by atoms with Gasteiger partial charge in [-0.05, 0) is 59.7 Å². The van der Waals surface area contributed by atoms with E-state index in [1.54, 1.807) is 56.7 Å². The van der Waals surface area contributed by atoms with Crippen molar-refractivity contribution in [1.82, 2.24) is 5.01 Å². The number of carbonyl (C=O) groups is 1. The molecule has 0 N–H and O–H groups in total. The van der Waals surface area contributed by atoms with Crippen LogP contribution in [0.15, 0.2) is 76.3 Å². The first-order valence-corrected chi connectivity index (χ1v) is 10.8. The van der Waals surface area contributed by atoms with Crippen molar-refractivity contribution in [3.05, 3.63) is 98.0 Å². The third-order valence-corrected chi connectivity index (χ3v) is 5.94. The van der Waals surface area contributed by atoms with Gasteiger partial charge in [0.15, 0.2) is 11.5 Å². The smallest absolute Gasteiger partial charge is 0.274 e. The third-order valence-electron chi connectivity index (χ3n) is 5.41. The molecule has 9 heteroatoms. The first kappa shape index (κ1) is 22.5. The summed E-state index contributed by atoms with van der Waals surface area (Å²) in [6.45, 7) is 0. The number of methoxy groups -OCH3 is 2. The summed E-state index contributed by atoms with van der Waals surface area (Å²) in [6, 6.07) is 18.4. The zero-order valence-corrected chi connectivity index (χ0v) is 19.5. The Morgan fingerprint density at radius 3 is 2.30 bits per heavy atom. The van der Waals surface area contributed by atoms with Gasteiger partial charge in [0.2, 0.25) is 0 Å². The van der Waals surface area contributed by atoms with Gasteiger partial charge in [-0.1, -0.05) is 22.0 Å². The Hall–Kier alpha value is -3.72. The van der Waals surface area contributed by atoms with Crippen molar-refractivity contribution in [3.8, 4) is 11.5 Å². The van der Waals surface area contributed by atoms with E-state index in [-0.39, 0.29) is 17.6 Å². The molecule has 0 saturated carbocycles. The monoisotopic (exact) mass is 509 g/mol. The van der Waals surface area contributed by atoms with Gasteiger partial charge >= 0.3 is 0 Å². The molecule has 33 heavy (non-hydrogen) atoms. The number of nitro groups is 1. The summed E-state index contributed by atoms with van der Waals surface area (Å²) in [5.74, 6) is 0.885. The van der Waals surface area contributed by atoms with Gasteiger partial charge in [-0.2, -0.15) is 5.10 Å². The van der Waals surface area contributed by atoms with Crippen LogP contribution in [0.25, 0.3) is 0 Å². The van der Waals surface area contributed by atoms with E-state index in [0.29, 0.717) is 29.2 Å². The highest BCUT2D eigenvalue weighted by atomic mass is 79.9. The van der Waals surface area contributed by atoms with Crippen molar-refractivity contribution in [3.63, 3.8) is 0 Å². The molecule has 3 aromatic rings. The number of nitrogens with zero attached hydrogens (tertiary/aromatic N) is 3. The summed E-state index contributed by atoms with van der Waals surface area (Å²) in [4.78, 5) is 24.0. The minimum atomic E-state index is -0.448. The minimum absolute atomic E-state index is 0.00316. The maximum absolute atomic E-state index is 13.4. The van der Waals surface area contributed by atoms with Gasteiger partial charge in [-0.15, -0.1) is 0 Å². The summed E-state index contributed by atoms with van der Waals surface area (Å²) in [5.41, 5.74) is 2.71. The van der Waals surface area contributed by atoms with Crippen LogP contribution in [0.5, 0.6) is 11.5 Å². The molecule has 4 rings (SSSR count). The normalized spacial score (nSPS) is 15.2. The van der Waals surface area contributed by atoms with Crippen molar-refractivity contribution in [2.45, 2.75) is 12.5 Å². The van der Waals surface area contributed by atoms with Gasteiger partial charge in [0, 0.05) is 28.6 Å². The fraction of sp³-hybridized carbons (Fsp3) is 0.167. The molecule has 8 nitrogen and oxygen atoms in total. The van der Waals surface area contributed by atoms with Crippen molar-refractivity contribution >= 4 is 33.2 Å². The summed E-state index contributed by atoms with van der Waals surface area (Å²) in [7, 11) is 3.12. The number of hydrazone groups is 1. The van der Waals surface area contributed by atoms with Gasteiger partial charge in [-0.3, -0.25) is 14.9 Å². The molecule has 3 aromatic carbocycles. The van der Waals surface area contributed by atoms with Crippen LogP contribution in [0.3, 0.4) is 0 Å². The maximum atomic E-state index is 13.4. The molecule has 1 aliphatic rings. The van der Waals surface area contributed by atoms with Crippen LogP contribution in [0, 0.1) is 10.1 Å². The molecule has 0 fully saturated rings. The Morgan fingerprint density at radius 1 is 1.03 bits per heavy atom. The highest BCUT2D eigenvalue weighted by Gasteiger charge is 2.34. The molecule has 1 heterocycles. The average Bonchev–Trinajstić information content (AvgIpc) is 3.29. The van der Waals surface area contributed by atoms with Crippen LogP contribution in [-0.4, -0.2) is 35.8 Å². The highest BCUT2D eigenvalue weighted by molar-refractivity contribution is 9.10. The number of ether oxygens (including phenoxy) is 2. The molecule has 1 amide bonds. The minimum Gasteiger partial charge on any atom is -0.493 e. The van der Waals surface area contributed by atoms with Crippen molar-refractivity contribution in [2.75, 3.05) is 14.2 Å². The SMILES string of the molecule is COc1ccc([C@@H]2CC(c3ccc([N+](=O)[O-])cc3)=NN2C(=O)c2ccc(Br)cc2)cc1OC. The zero-order valence-electron chi connectivity index (χ0n) is 17.9. The van der Waals surface area contributed by atoms with Gasteiger partial charge in [-0.25, -0.2) is 5.01 Å². The second-order valence-electron chi connectivity index (χ2n) is 7.34. The number of hydrogen-bond acceptors (Lipinski definition) is 6. The molecule has 0 aromatic heterocycles. The lowest BCUT2D eigenvalue weighted by Gasteiger charge is -2.23. The number of amides is 1. The van der Waals surface area contributed by atoms with Crippen LogP contribution < -0.4 is 9.47 Å². The maximum Gasteiger partial charge on any atom is 0.274 e. The molecule has 1 aliphatic heterocycles. The first-order chi connectivity index (χ1) is 15.9. The quantitative estimate of drug-likeness (QED) is 0.329. The Bertz CT molecular complexity index is 1230. The standard InChI is InChI=1S/C24H20BrN3O5/c1-32-22-12-7-17(13-23(22)33-2)21-14-20(15-5-10-19(11-6-15)28(30)31)26-27(21)24(29)16-3-8-18(25)9-4-16/h3-13,21H,14H2,1-2H3/t21-/m0/s1. The van der Waals surface area contributed by atoms with Crippen LogP contribution in [-0.2, 0) is 0 Å². The Labute approximate surface area is 198 Å². The number of non-ortho nitro benzene ring substituents is 1. The lowest BCUT2D eigenvalue weighted by atomic mass is 9.97. The molecular weight excluding hydrogens is 490 g/mol. The van der Waals surface area contributed by atoms with Crippen LogP contribution in [0.4, 0.5) is 5.69 Å².